The smallest absolute Gasteiger partial charge is 0.259 e. The zero-order chi connectivity index (χ0) is 15.6. The van der Waals surface area contributed by atoms with Gasteiger partial charge >= 0.3 is 0 Å². The van der Waals surface area contributed by atoms with E-state index in [2.05, 4.69) is 10.3 Å². The molecule has 0 aliphatic carbocycles. The second-order valence-corrected chi connectivity index (χ2v) is 5.36. The van der Waals surface area contributed by atoms with Crippen molar-refractivity contribution in [1.29, 1.82) is 0 Å². The number of aromatic nitrogens is 2. The number of amides is 1. The van der Waals surface area contributed by atoms with Crippen LogP contribution in [0.25, 0.3) is 5.69 Å². The zero-order valence-electron chi connectivity index (χ0n) is 12.4. The Morgan fingerprint density at radius 2 is 2.04 bits per heavy atom. The third-order valence-electron chi connectivity index (χ3n) is 3.89. The maximum Gasteiger partial charge on any atom is 0.259 e. The van der Waals surface area contributed by atoms with Gasteiger partial charge in [-0.2, -0.15) is 0 Å². The molecule has 114 valence electrons. The highest BCUT2D eigenvalue weighted by Gasteiger charge is 2.20. The van der Waals surface area contributed by atoms with Crippen molar-refractivity contribution < 1.29 is 9.53 Å². The van der Waals surface area contributed by atoms with Gasteiger partial charge in [-0.3, -0.25) is 4.79 Å². The minimum Gasteiger partial charge on any atom is -0.492 e. The fourth-order valence-electron chi connectivity index (χ4n) is 2.72. The molecular weight excluding hydrogens is 290 g/mol. The molecule has 0 saturated carbocycles. The fraction of sp³-hybridized carbons (Fsp3) is 0.111. The summed E-state index contributed by atoms with van der Waals surface area (Å²) < 4.78 is 7.49. The number of hydrogen-bond donors (Lipinski definition) is 1. The van der Waals surface area contributed by atoms with Gasteiger partial charge in [-0.1, -0.05) is 12.1 Å². The van der Waals surface area contributed by atoms with Crippen LogP contribution in [0, 0.1) is 0 Å². The summed E-state index contributed by atoms with van der Waals surface area (Å²) in [4.78, 5) is 16.5. The van der Waals surface area contributed by atoms with Gasteiger partial charge in [0.15, 0.2) is 0 Å². The Morgan fingerprint density at radius 1 is 1.17 bits per heavy atom. The highest BCUT2D eigenvalue weighted by atomic mass is 16.5. The van der Waals surface area contributed by atoms with Crippen LogP contribution in [0.15, 0.2) is 61.2 Å². The molecule has 0 atom stereocenters. The number of rotatable bonds is 3. The summed E-state index contributed by atoms with van der Waals surface area (Å²) in [5, 5.41) is 2.92. The van der Waals surface area contributed by atoms with Crippen molar-refractivity contribution in [3.8, 4) is 11.4 Å². The number of benzene rings is 2. The summed E-state index contributed by atoms with van der Waals surface area (Å²) in [5.41, 5.74) is 3.41. The van der Waals surface area contributed by atoms with E-state index in [9.17, 15) is 4.79 Å². The number of hydrogen-bond acceptors (Lipinski definition) is 3. The average molecular weight is 305 g/mol. The molecule has 1 N–H and O–H groups in total. The molecular formula is C18H15N3O2. The molecule has 4 rings (SSSR count). The molecule has 23 heavy (non-hydrogen) atoms. The molecule has 0 bridgehead atoms. The molecule has 2 heterocycles. The van der Waals surface area contributed by atoms with Crippen LogP contribution in [0.4, 0.5) is 5.69 Å². The normalized spacial score (nSPS) is 12.5. The number of imidazole rings is 1. The summed E-state index contributed by atoms with van der Waals surface area (Å²) in [6.45, 7) is 0.638. The highest BCUT2D eigenvalue weighted by molar-refractivity contribution is 6.06. The third-order valence-corrected chi connectivity index (χ3v) is 3.89. The highest BCUT2D eigenvalue weighted by Crippen LogP contribution is 2.30. The van der Waals surface area contributed by atoms with Gasteiger partial charge in [0.1, 0.15) is 5.75 Å². The first kappa shape index (κ1) is 13.6. The van der Waals surface area contributed by atoms with E-state index in [1.54, 1.807) is 18.6 Å². The molecule has 0 unspecified atom stereocenters. The lowest BCUT2D eigenvalue weighted by Crippen LogP contribution is -2.13. The van der Waals surface area contributed by atoms with Crippen LogP contribution >= 0.6 is 0 Å². The predicted molar refractivity (Wildman–Crippen MR) is 87.2 cm³/mol. The van der Waals surface area contributed by atoms with Gasteiger partial charge in [0, 0.05) is 30.2 Å². The van der Waals surface area contributed by atoms with Gasteiger partial charge in [-0.15, -0.1) is 0 Å². The standard InChI is InChI=1S/C18H15N3O2/c22-18(16-3-1-2-13-8-11-23-17(13)16)20-14-4-6-15(7-5-14)21-10-9-19-12-21/h1-7,9-10,12H,8,11H2,(H,20,22). The maximum absolute atomic E-state index is 12.5. The molecule has 3 aromatic rings. The first-order chi connectivity index (χ1) is 11.3. The lowest BCUT2D eigenvalue weighted by atomic mass is 10.1. The average Bonchev–Trinajstić information content (AvgIpc) is 3.26. The number of anilines is 1. The third kappa shape index (κ3) is 2.57. The number of para-hydroxylation sites is 1. The zero-order valence-corrected chi connectivity index (χ0v) is 12.4. The minimum absolute atomic E-state index is 0.154. The fourth-order valence-corrected chi connectivity index (χ4v) is 2.72. The number of nitrogens with zero attached hydrogens (tertiary/aromatic N) is 2. The number of ether oxygens (including phenoxy) is 1. The van der Waals surface area contributed by atoms with Crippen LogP contribution in [0.1, 0.15) is 15.9 Å². The van der Waals surface area contributed by atoms with Crippen LogP contribution in [0.5, 0.6) is 5.75 Å². The van der Waals surface area contributed by atoms with E-state index in [1.165, 1.54) is 0 Å². The SMILES string of the molecule is O=C(Nc1ccc(-n2ccnc2)cc1)c1cccc2c1OCC2. The molecule has 1 aromatic heterocycles. The second kappa shape index (κ2) is 5.61. The summed E-state index contributed by atoms with van der Waals surface area (Å²) in [5.74, 6) is 0.555. The molecule has 2 aromatic carbocycles. The van der Waals surface area contributed by atoms with Crippen LogP contribution < -0.4 is 10.1 Å². The van der Waals surface area contributed by atoms with E-state index in [1.807, 2.05) is 47.2 Å². The molecule has 0 spiro atoms. The van der Waals surface area contributed by atoms with Gasteiger partial charge in [-0.25, -0.2) is 4.98 Å². The lowest BCUT2D eigenvalue weighted by Gasteiger charge is -2.10. The summed E-state index contributed by atoms with van der Waals surface area (Å²) >= 11 is 0. The largest absolute Gasteiger partial charge is 0.492 e. The van der Waals surface area contributed by atoms with Gasteiger partial charge in [0.05, 0.1) is 18.5 Å². The van der Waals surface area contributed by atoms with Crippen molar-refractivity contribution in [3.63, 3.8) is 0 Å². The maximum atomic E-state index is 12.5. The predicted octanol–water partition coefficient (Wildman–Crippen LogP) is 3.06. The Labute approximate surface area is 133 Å². The molecule has 0 radical (unpaired) electrons. The van der Waals surface area contributed by atoms with E-state index in [-0.39, 0.29) is 5.91 Å². The van der Waals surface area contributed by atoms with Crippen LogP contribution in [0.2, 0.25) is 0 Å². The van der Waals surface area contributed by atoms with E-state index in [0.717, 1.165) is 23.4 Å². The van der Waals surface area contributed by atoms with E-state index < -0.39 is 0 Å². The van der Waals surface area contributed by atoms with Crippen molar-refractivity contribution in [2.24, 2.45) is 0 Å². The van der Waals surface area contributed by atoms with Crippen LogP contribution in [-0.2, 0) is 6.42 Å². The Morgan fingerprint density at radius 3 is 2.83 bits per heavy atom. The van der Waals surface area contributed by atoms with E-state index in [0.29, 0.717) is 17.9 Å². The number of carbonyl (C=O) groups excluding carboxylic acids is 1. The topological polar surface area (TPSA) is 56.2 Å². The van der Waals surface area contributed by atoms with Crippen molar-refractivity contribution in [1.82, 2.24) is 9.55 Å². The molecule has 0 fully saturated rings. The Kier molecular flexibility index (Phi) is 3.31. The molecule has 5 nitrogen and oxygen atoms in total. The minimum atomic E-state index is -0.154. The van der Waals surface area contributed by atoms with Crippen LogP contribution in [-0.4, -0.2) is 22.1 Å². The number of nitrogens with one attached hydrogen (secondary N) is 1. The molecule has 5 heteroatoms. The number of carbonyl (C=O) groups is 1. The van der Waals surface area contributed by atoms with Gasteiger partial charge in [-0.05, 0) is 35.9 Å². The molecule has 1 aliphatic heterocycles. The lowest BCUT2D eigenvalue weighted by molar-refractivity contribution is 0.102. The quantitative estimate of drug-likeness (QED) is 0.809. The van der Waals surface area contributed by atoms with Crippen molar-refractivity contribution >= 4 is 11.6 Å². The van der Waals surface area contributed by atoms with Gasteiger partial charge < -0.3 is 14.6 Å². The Balaban J connectivity index is 1.54. The van der Waals surface area contributed by atoms with Crippen molar-refractivity contribution in [3.05, 3.63) is 72.3 Å². The first-order valence-corrected chi connectivity index (χ1v) is 7.46. The van der Waals surface area contributed by atoms with Gasteiger partial charge in [0.2, 0.25) is 0 Å². The van der Waals surface area contributed by atoms with Gasteiger partial charge in [0.25, 0.3) is 5.91 Å². The van der Waals surface area contributed by atoms with E-state index >= 15 is 0 Å². The number of fused-ring (bicyclic) bond motifs is 1. The Hall–Kier alpha value is -3.08. The van der Waals surface area contributed by atoms with Crippen LogP contribution in [0.3, 0.4) is 0 Å². The van der Waals surface area contributed by atoms with Crippen molar-refractivity contribution in [2.45, 2.75) is 6.42 Å². The first-order valence-electron chi connectivity index (χ1n) is 7.46. The molecule has 0 saturated heterocycles. The van der Waals surface area contributed by atoms with Crippen molar-refractivity contribution in [2.75, 3.05) is 11.9 Å². The summed E-state index contributed by atoms with van der Waals surface area (Å²) in [7, 11) is 0. The van der Waals surface area contributed by atoms with E-state index in [4.69, 9.17) is 4.74 Å². The molecule has 1 amide bonds. The Bertz CT molecular complexity index is 839. The molecule has 1 aliphatic rings. The second-order valence-electron chi connectivity index (χ2n) is 5.36. The monoisotopic (exact) mass is 305 g/mol. The summed E-state index contributed by atoms with van der Waals surface area (Å²) in [6, 6.07) is 13.3. The summed E-state index contributed by atoms with van der Waals surface area (Å²) in [6.07, 6.45) is 6.19.